The first-order valence-electron chi connectivity index (χ1n) is 4.10. The third-order valence-electron chi connectivity index (χ3n) is 2.17. The third kappa shape index (κ3) is 1.19. The topological polar surface area (TPSA) is 27.0 Å². The van der Waals surface area contributed by atoms with E-state index in [9.17, 15) is 0 Å². The second-order valence-electron chi connectivity index (χ2n) is 2.97. The Bertz CT molecular complexity index is 399. The Morgan fingerprint density at radius 2 is 2.15 bits per heavy atom. The van der Waals surface area contributed by atoms with Crippen LogP contribution in [0.1, 0.15) is 5.56 Å². The van der Waals surface area contributed by atoms with Crippen LogP contribution in [0.15, 0.2) is 30.3 Å². The summed E-state index contributed by atoms with van der Waals surface area (Å²) in [6, 6.07) is 10.0. The molecule has 0 unspecified atom stereocenters. The number of hydrogen-bond donors (Lipinski definition) is 0. The molecule has 0 aromatic heterocycles. The lowest BCUT2D eigenvalue weighted by Gasteiger charge is -2.24. The summed E-state index contributed by atoms with van der Waals surface area (Å²) in [5.41, 5.74) is 2.75. The van der Waals surface area contributed by atoms with Crippen LogP contribution in [0.2, 0.25) is 0 Å². The molecule has 2 heteroatoms. The van der Waals surface area contributed by atoms with E-state index in [1.165, 1.54) is 0 Å². The molecule has 2 nitrogen and oxygen atoms in total. The van der Waals surface area contributed by atoms with Gasteiger partial charge < -0.3 is 4.90 Å². The minimum atomic E-state index is 0.708. The van der Waals surface area contributed by atoms with E-state index in [1.54, 1.807) is 0 Å². The molecular weight excluding hydrogens is 160 g/mol. The highest BCUT2D eigenvalue weighted by Gasteiger charge is 2.14. The molecule has 1 aliphatic rings. The number of nitriles is 1. The molecule has 0 N–H and O–H groups in total. The molecule has 0 bridgehead atoms. The molecule has 0 atom stereocenters. The molecule has 0 amide bonds. The Labute approximate surface area is 77.7 Å². The van der Waals surface area contributed by atoms with Gasteiger partial charge in [0.2, 0.25) is 0 Å². The molecule has 1 aromatic rings. The fourth-order valence-electron chi connectivity index (χ4n) is 1.49. The summed E-state index contributed by atoms with van der Waals surface area (Å²) < 4.78 is 0. The van der Waals surface area contributed by atoms with Gasteiger partial charge in [-0.15, -0.1) is 0 Å². The van der Waals surface area contributed by atoms with Crippen molar-refractivity contribution in [3.8, 4) is 6.07 Å². The molecule has 0 fully saturated rings. The highest BCUT2D eigenvalue weighted by Crippen LogP contribution is 2.29. The first-order valence-corrected chi connectivity index (χ1v) is 4.10. The number of nitrogens with zero attached hydrogens (tertiary/aromatic N) is 2. The minimum absolute atomic E-state index is 0.708. The summed E-state index contributed by atoms with van der Waals surface area (Å²) in [7, 11) is 3.89. The van der Waals surface area contributed by atoms with Gasteiger partial charge in [0.25, 0.3) is 0 Å². The molecule has 1 heterocycles. The van der Waals surface area contributed by atoms with Gasteiger partial charge in [0.15, 0.2) is 0 Å². The number of fused-ring (bicyclic) bond motifs is 1. The average Bonchev–Trinajstić information content (AvgIpc) is 2.19. The van der Waals surface area contributed by atoms with Crippen molar-refractivity contribution in [2.24, 2.45) is 0 Å². The van der Waals surface area contributed by atoms with Crippen molar-refractivity contribution in [2.75, 3.05) is 11.4 Å². The largest absolute Gasteiger partial charge is 0.365 e. The van der Waals surface area contributed by atoms with Gasteiger partial charge in [-0.2, -0.15) is 5.26 Å². The maximum Gasteiger partial charge on any atom is 0.0996 e. The lowest BCUT2D eigenvalue weighted by Crippen LogP contribution is -2.19. The van der Waals surface area contributed by atoms with E-state index in [4.69, 9.17) is 5.26 Å². The molecule has 63 valence electrons. The fraction of sp³-hybridized carbons (Fsp3) is 0.0909. The molecule has 0 aliphatic carbocycles. The molecule has 1 radical (unpaired) electrons. The zero-order valence-electron chi connectivity index (χ0n) is 7.20. The van der Waals surface area contributed by atoms with E-state index >= 15 is 0 Å². The fourth-order valence-corrected chi connectivity index (χ4v) is 1.49. The zero-order valence-corrected chi connectivity index (χ0v) is 7.20. The van der Waals surface area contributed by atoms with Crippen LogP contribution in [0.3, 0.4) is 0 Å². The maximum atomic E-state index is 8.87. The van der Waals surface area contributed by atoms with Gasteiger partial charge in [-0.1, -0.05) is 18.2 Å². The lowest BCUT2D eigenvalue weighted by molar-refractivity contribution is 1.07. The Balaban J connectivity index is 2.60. The third-order valence-corrected chi connectivity index (χ3v) is 2.17. The van der Waals surface area contributed by atoms with E-state index < -0.39 is 0 Å². The predicted molar refractivity (Wildman–Crippen MR) is 52.7 cm³/mol. The van der Waals surface area contributed by atoms with E-state index in [-0.39, 0.29) is 0 Å². The van der Waals surface area contributed by atoms with E-state index in [2.05, 4.69) is 13.1 Å². The van der Waals surface area contributed by atoms with Crippen LogP contribution in [-0.4, -0.2) is 6.54 Å². The van der Waals surface area contributed by atoms with Gasteiger partial charge in [0.05, 0.1) is 11.6 Å². The maximum absolute atomic E-state index is 8.87. The van der Waals surface area contributed by atoms with Gasteiger partial charge >= 0.3 is 0 Å². The van der Waals surface area contributed by atoms with Gasteiger partial charge in [-0.25, -0.2) is 0 Å². The molecule has 0 spiro atoms. The Hall–Kier alpha value is -1.75. The van der Waals surface area contributed by atoms with Crippen molar-refractivity contribution in [1.29, 1.82) is 5.26 Å². The van der Waals surface area contributed by atoms with Crippen LogP contribution in [0.5, 0.6) is 0 Å². The van der Waals surface area contributed by atoms with Crippen molar-refractivity contribution in [1.82, 2.24) is 0 Å². The zero-order chi connectivity index (χ0) is 9.26. The van der Waals surface area contributed by atoms with Crippen LogP contribution in [-0.2, 0) is 0 Å². The molecule has 1 aliphatic heterocycles. The normalized spacial score (nSPS) is 14.5. The Morgan fingerprint density at radius 3 is 2.92 bits per heavy atom. The highest BCUT2D eigenvalue weighted by atomic mass is 15.1. The number of benzene rings is 1. The molecule has 2 rings (SSSR count). The molecule has 13 heavy (non-hydrogen) atoms. The van der Waals surface area contributed by atoms with E-state index in [1.807, 2.05) is 35.2 Å². The monoisotopic (exact) mass is 169 g/mol. The van der Waals surface area contributed by atoms with Crippen LogP contribution in [0.4, 0.5) is 5.69 Å². The lowest BCUT2D eigenvalue weighted by atomic mass is 10.0. The van der Waals surface area contributed by atoms with Crippen LogP contribution in [0.25, 0.3) is 5.57 Å². The van der Waals surface area contributed by atoms with Crippen LogP contribution < -0.4 is 4.90 Å². The van der Waals surface area contributed by atoms with Crippen molar-refractivity contribution in [3.05, 3.63) is 43.0 Å². The number of rotatable bonds is 0. The van der Waals surface area contributed by atoms with E-state index in [0.29, 0.717) is 6.54 Å². The first kappa shape index (κ1) is 7.88. The summed E-state index contributed by atoms with van der Waals surface area (Å²) in [6.45, 7) is 0.708. The van der Waals surface area contributed by atoms with Crippen molar-refractivity contribution < 1.29 is 0 Å². The molecular formula is C11H9N2. The second kappa shape index (κ2) is 2.95. The number of hydrogen-bond acceptors (Lipinski definition) is 2. The summed E-state index contributed by atoms with van der Waals surface area (Å²) in [5.74, 6) is 0. The summed E-state index contributed by atoms with van der Waals surface area (Å²) >= 11 is 0. The SMILES string of the molecule is [CH2]N1CC=C(C#N)c2ccccc21. The Kier molecular flexibility index (Phi) is 1.79. The molecule has 1 aromatic carbocycles. The number of para-hydroxylation sites is 1. The van der Waals surface area contributed by atoms with Gasteiger partial charge in [-0.3, -0.25) is 0 Å². The van der Waals surface area contributed by atoms with Crippen molar-refractivity contribution in [2.45, 2.75) is 0 Å². The smallest absolute Gasteiger partial charge is 0.0996 e. The number of allylic oxidation sites excluding steroid dienone is 1. The Morgan fingerprint density at radius 1 is 1.38 bits per heavy atom. The van der Waals surface area contributed by atoms with Crippen LogP contribution >= 0.6 is 0 Å². The molecule has 0 saturated carbocycles. The van der Waals surface area contributed by atoms with Gasteiger partial charge in [0.1, 0.15) is 0 Å². The van der Waals surface area contributed by atoms with Gasteiger partial charge in [-0.05, 0) is 12.1 Å². The average molecular weight is 169 g/mol. The molecule has 0 saturated heterocycles. The second-order valence-corrected chi connectivity index (χ2v) is 2.97. The summed E-state index contributed by atoms with van der Waals surface area (Å²) in [4.78, 5) is 1.89. The van der Waals surface area contributed by atoms with E-state index in [0.717, 1.165) is 16.8 Å². The minimum Gasteiger partial charge on any atom is -0.365 e. The van der Waals surface area contributed by atoms with Crippen molar-refractivity contribution in [3.63, 3.8) is 0 Å². The van der Waals surface area contributed by atoms with Gasteiger partial charge in [0, 0.05) is 24.8 Å². The first-order chi connectivity index (χ1) is 6.33. The summed E-state index contributed by atoms with van der Waals surface area (Å²) in [5, 5.41) is 8.87. The number of anilines is 1. The van der Waals surface area contributed by atoms with Crippen LogP contribution in [0, 0.1) is 18.4 Å². The van der Waals surface area contributed by atoms with Crippen molar-refractivity contribution >= 4 is 11.3 Å². The summed E-state index contributed by atoms with van der Waals surface area (Å²) in [6.07, 6.45) is 1.90. The quantitative estimate of drug-likeness (QED) is 0.595. The standard InChI is InChI=1S/C11H9N2/c1-13-7-6-9(8-12)10-4-2-3-5-11(10)13/h2-6H,1,7H2. The predicted octanol–water partition coefficient (Wildman–Crippen LogP) is 2.21. The highest BCUT2D eigenvalue weighted by molar-refractivity contribution is 5.87.